The van der Waals surface area contributed by atoms with E-state index in [1.807, 2.05) is 6.07 Å². The monoisotopic (exact) mass is 200 g/mol. The number of nitrogens with one attached hydrogen (secondary N) is 1. The Hall–Kier alpha value is -1.33. The number of nitriles is 1. The van der Waals surface area contributed by atoms with Gasteiger partial charge in [-0.2, -0.15) is 5.26 Å². The van der Waals surface area contributed by atoms with Crippen LogP contribution >= 0.6 is 0 Å². The van der Waals surface area contributed by atoms with E-state index in [4.69, 9.17) is 5.26 Å². The average Bonchev–Trinajstić information content (AvgIpc) is 3.02. The van der Waals surface area contributed by atoms with Gasteiger partial charge in [-0.25, -0.2) is 0 Å². The summed E-state index contributed by atoms with van der Waals surface area (Å²) in [4.78, 5) is 0. The first-order valence-corrected chi connectivity index (χ1v) is 5.43. The Balaban J connectivity index is 2.18. The fourth-order valence-corrected chi connectivity index (χ4v) is 1.64. The third kappa shape index (κ3) is 2.37. The molecule has 0 amide bonds. The van der Waals surface area contributed by atoms with Crippen molar-refractivity contribution in [2.45, 2.75) is 38.8 Å². The van der Waals surface area contributed by atoms with Crippen molar-refractivity contribution in [2.75, 3.05) is 0 Å². The van der Waals surface area contributed by atoms with Crippen LogP contribution in [-0.4, -0.2) is 6.04 Å². The Bertz CT molecular complexity index is 399. The van der Waals surface area contributed by atoms with E-state index in [2.05, 4.69) is 37.4 Å². The van der Waals surface area contributed by atoms with Gasteiger partial charge in [-0.1, -0.05) is 18.2 Å². The Morgan fingerprint density at radius 1 is 1.33 bits per heavy atom. The van der Waals surface area contributed by atoms with Crippen molar-refractivity contribution in [1.82, 2.24) is 5.32 Å². The fourth-order valence-electron chi connectivity index (χ4n) is 1.64. The van der Waals surface area contributed by atoms with Crippen LogP contribution in [-0.2, 0) is 0 Å². The third-order valence-corrected chi connectivity index (χ3v) is 2.97. The lowest BCUT2D eigenvalue weighted by Crippen LogP contribution is -2.22. The van der Waals surface area contributed by atoms with Gasteiger partial charge in [-0.05, 0) is 43.4 Å². The van der Waals surface area contributed by atoms with Crippen molar-refractivity contribution >= 4 is 0 Å². The van der Waals surface area contributed by atoms with Gasteiger partial charge < -0.3 is 0 Å². The summed E-state index contributed by atoms with van der Waals surface area (Å²) in [6, 6.07) is 8.99. The van der Waals surface area contributed by atoms with Gasteiger partial charge in [0.25, 0.3) is 0 Å². The van der Waals surface area contributed by atoms with Crippen molar-refractivity contribution in [3.63, 3.8) is 0 Å². The summed E-state index contributed by atoms with van der Waals surface area (Å²) in [6.45, 7) is 4.18. The largest absolute Gasteiger partial charge is 0.295 e. The molecule has 15 heavy (non-hydrogen) atoms. The second-order valence-electron chi connectivity index (χ2n) is 4.35. The molecule has 0 heterocycles. The molecule has 0 spiro atoms. The van der Waals surface area contributed by atoms with Crippen LogP contribution in [0.2, 0.25) is 0 Å². The summed E-state index contributed by atoms with van der Waals surface area (Å²) in [5, 5.41) is 12.4. The second-order valence-corrected chi connectivity index (χ2v) is 4.35. The Labute approximate surface area is 90.9 Å². The molecule has 0 bridgehead atoms. The molecule has 0 aliphatic heterocycles. The highest BCUT2D eigenvalue weighted by Crippen LogP contribution is 2.24. The van der Waals surface area contributed by atoms with E-state index in [-0.39, 0.29) is 6.04 Å². The topological polar surface area (TPSA) is 35.8 Å². The maximum atomic E-state index is 9.10. The standard InChI is InChI=1S/C13H16N2/c1-9-3-4-11(7-10(9)2)13(8-14)15-12-5-6-12/h3-4,7,12-13,15H,5-6H2,1-2H3. The van der Waals surface area contributed by atoms with Crippen LogP contribution in [0.15, 0.2) is 18.2 Å². The number of aryl methyl sites for hydroxylation is 2. The van der Waals surface area contributed by atoms with Crippen molar-refractivity contribution < 1.29 is 0 Å². The van der Waals surface area contributed by atoms with Crippen LogP contribution in [0, 0.1) is 25.2 Å². The van der Waals surface area contributed by atoms with E-state index in [1.54, 1.807) is 0 Å². The number of benzene rings is 1. The SMILES string of the molecule is Cc1ccc(C(C#N)NC2CC2)cc1C. The van der Waals surface area contributed by atoms with Gasteiger partial charge in [0.1, 0.15) is 6.04 Å². The number of hydrogen-bond donors (Lipinski definition) is 1. The molecule has 1 aromatic rings. The van der Waals surface area contributed by atoms with E-state index >= 15 is 0 Å². The first-order valence-electron chi connectivity index (χ1n) is 5.43. The Kier molecular flexibility index (Phi) is 2.75. The molecule has 2 rings (SSSR count). The molecule has 2 nitrogen and oxygen atoms in total. The molecule has 0 aromatic heterocycles. The quantitative estimate of drug-likeness (QED) is 0.814. The molecule has 0 radical (unpaired) electrons. The van der Waals surface area contributed by atoms with Crippen LogP contribution in [0.3, 0.4) is 0 Å². The predicted molar refractivity (Wildman–Crippen MR) is 60.4 cm³/mol. The minimum Gasteiger partial charge on any atom is -0.295 e. The summed E-state index contributed by atoms with van der Waals surface area (Å²) in [5.41, 5.74) is 3.62. The van der Waals surface area contributed by atoms with Crippen molar-refractivity contribution in [3.05, 3.63) is 34.9 Å². The minimum absolute atomic E-state index is 0.142. The molecule has 0 saturated heterocycles. The maximum Gasteiger partial charge on any atom is 0.121 e. The normalized spacial score (nSPS) is 17.1. The molecule has 1 saturated carbocycles. The molecule has 78 valence electrons. The highest BCUT2D eigenvalue weighted by atomic mass is 15.0. The molecule has 1 unspecified atom stereocenters. The van der Waals surface area contributed by atoms with Gasteiger partial charge >= 0.3 is 0 Å². The molecule has 1 N–H and O–H groups in total. The third-order valence-electron chi connectivity index (χ3n) is 2.97. The van der Waals surface area contributed by atoms with Crippen LogP contribution in [0.5, 0.6) is 0 Å². The summed E-state index contributed by atoms with van der Waals surface area (Å²) < 4.78 is 0. The molecule has 1 fully saturated rings. The van der Waals surface area contributed by atoms with Gasteiger partial charge in [0.05, 0.1) is 6.07 Å². The fraction of sp³-hybridized carbons (Fsp3) is 0.462. The van der Waals surface area contributed by atoms with Crippen LogP contribution in [0.4, 0.5) is 0 Å². The van der Waals surface area contributed by atoms with Crippen LogP contribution in [0.25, 0.3) is 0 Å². The summed E-state index contributed by atoms with van der Waals surface area (Å²) in [5.74, 6) is 0. The Morgan fingerprint density at radius 3 is 2.60 bits per heavy atom. The summed E-state index contributed by atoms with van der Waals surface area (Å²) in [6.07, 6.45) is 2.42. The molecule has 1 atom stereocenters. The predicted octanol–water partition coefficient (Wildman–Crippen LogP) is 2.62. The molecule has 1 aliphatic carbocycles. The molecular weight excluding hydrogens is 184 g/mol. The number of nitrogens with zero attached hydrogens (tertiary/aromatic N) is 1. The van der Waals surface area contributed by atoms with Crippen molar-refractivity contribution in [1.29, 1.82) is 5.26 Å². The van der Waals surface area contributed by atoms with Gasteiger partial charge in [0.2, 0.25) is 0 Å². The maximum absolute atomic E-state index is 9.10. The number of hydrogen-bond acceptors (Lipinski definition) is 2. The smallest absolute Gasteiger partial charge is 0.121 e. The minimum atomic E-state index is -0.142. The van der Waals surface area contributed by atoms with E-state index in [1.165, 1.54) is 24.0 Å². The van der Waals surface area contributed by atoms with Crippen LogP contribution < -0.4 is 5.32 Å². The van der Waals surface area contributed by atoms with Gasteiger partial charge in [0, 0.05) is 6.04 Å². The zero-order valence-electron chi connectivity index (χ0n) is 9.25. The van der Waals surface area contributed by atoms with Crippen molar-refractivity contribution in [3.8, 4) is 6.07 Å². The van der Waals surface area contributed by atoms with E-state index in [0.717, 1.165) is 5.56 Å². The molecule has 1 aliphatic rings. The zero-order chi connectivity index (χ0) is 10.8. The second kappa shape index (κ2) is 4.04. The van der Waals surface area contributed by atoms with E-state index in [0.29, 0.717) is 6.04 Å². The lowest BCUT2D eigenvalue weighted by molar-refractivity contribution is 0.625. The van der Waals surface area contributed by atoms with E-state index in [9.17, 15) is 0 Å². The highest BCUT2D eigenvalue weighted by molar-refractivity contribution is 5.34. The Morgan fingerprint density at radius 2 is 2.07 bits per heavy atom. The summed E-state index contributed by atoms with van der Waals surface area (Å²) >= 11 is 0. The first-order chi connectivity index (χ1) is 7.20. The van der Waals surface area contributed by atoms with Gasteiger partial charge in [-0.15, -0.1) is 0 Å². The van der Waals surface area contributed by atoms with Gasteiger partial charge in [0.15, 0.2) is 0 Å². The van der Waals surface area contributed by atoms with Crippen LogP contribution in [0.1, 0.15) is 35.6 Å². The molecule has 1 aromatic carbocycles. The van der Waals surface area contributed by atoms with E-state index < -0.39 is 0 Å². The van der Waals surface area contributed by atoms with Gasteiger partial charge in [-0.3, -0.25) is 5.32 Å². The lowest BCUT2D eigenvalue weighted by atomic mass is 10.0. The van der Waals surface area contributed by atoms with Crippen molar-refractivity contribution in [2.24, 2.45) is 0 Å². The molecule has 2 heteroatoms. The first kappa shape index (κ1) is 10.2. The number of rotatable bonds is 3. The summed E-state index contributed by atoms with van der Waals surface area (Å²) in [7, 11) is 0. The molecular formula is C13H16N2. The highest BCUT2D eigenvalue weighted by Gasteiger charge is 2.25. The zero-order valence-corrected chi connectivity index (χ0v) is 9.25. The lowest BCUT2D eigenvalue weighted by Gasteiger charge is -2.12. The average molecular weight is 200 g/mol.